The molecule has 0 atom stereocenters. The fraction of sp³-hybridized carbons (Fsp3) is 0.143. The van der Waals surface area contributed by atoms with Crippen LogP contribution in [-0.2, 0) is 6.18 Å². The Morgan fingerprint density at radius 1 is 1.46 bits per heavy atom. The summed E-state index contributed by atoms with van der Waals surface area (Å²) < 4.78 is 36.4. The minimum Gasteiger partial charge on any atom is -0.396 e. The summed E-state index contributed by atoms with van der Waals surface area (Å²) in [7, 11) is 0. The van der Waals surface area contributed by atoms with E-state index in [1.807, 2.05) is 0 Å². The largest absolute Gasteiger partial charge is 0.418 e. The van der Waals surface area contributed by atoms with Crippen LogP contribution in [0.5, 0.6) is 0 Å². The Morgan fingerprint density at radius 3 is 2.54 bits per heavy atom. The van der Waals surface area contributed by atoms with Gasteiger partial charge in [0.2, 0.25) is 0 Å². The number of nitrogens with zero attached hydrogens (tertiary/aromatic N) is 2. The van der Waals surface area contributed by atoms with Gasteiger partial charge in [0, 0.05) is 6.20 Å². The van der Waals surface area contributed by atoms with Crippen molar-refractivity contribution in [1.82, 2.24) is 4.98 Å². The number of hydrogen-bond acceptors (Lipinski definition) is 3. The smallest absolute Gasteiger partial charge is 0.396 e. The number of rotatable bonds is 0. The van der Waals surface area contributed by atoms with Gasteiger partial charge in [-0.2, -0.15) is 18.4 Å². The molecule has 0 spiro atoms. The zero-order valence-electron chi connectivity index (χ0n) is 6.26. The van der Waals surface area contributed by atoms with Crippen LogP contribution in [0.15, 0.2) is 12.3 Å². The highest BCUT2D eigenvalue weighted by Gasteiger charge is 2.33. The normalized spacial score (nSPS) is 10.9. The average molecular weight is 187 g/mol. The number of nitriles is 1. The number of nitrogen functional groups attached to an aromatic ring is 1. The highest BCUT2D eigenvalue weighted by Crippen LogP contribution is 2.33. The molecule has 6 heteroatoms. The van der Waals surface area contributed by atoms with Crippen molar-refractivity contribution in [2.24, 2.45) is 0 Å². The number of alkyl halides is 3. The molecule has 13 heavy (non-hydrogen) atoms. The van der Waals surface area contributed by atoms with Gasteiger partial charge < -0.3 is 5.73 Å². The van der Waals surface area contributed by atoms with Crippen LogP contribution in [0.4, 0.5) is 18.9 Å². The minimum atomic E-state index is -4.54. The Kier molecular flexibility index (Phi) is 2.10. The average Bonchev–Trinajstić information content (AvgIpc) is 2.02. The summed E-state index contributed by atoms with van der Waals surface area (Å²) in [5, 5.41) is 8.35. The van der Waals surface area contributed by atoms with Crippen molar-refractivity contribution in [3.05, 3.63) is 23.5 Å². The topological polar surface area (TPSA) is 62.7 Å². The van der Waals surface area contributed by atoms with E-state index >= 15 is 0 Å². The molecule has 0 aliphatic rings. The molecule has 1 aromatic rings. The first-order valence-corrected chi connectivity index (χ1v) is 3.18. The molecule has 1 aromatic heterocycles. The highest BCUT2D eigenvalue weighted by atomic mass is 19.4. The molecule has 0 amide bonds. The Balaban J connectivity index is 3.34. The van der Waals surface area contributed by atoms with Crippen LogP contribution >= 0.6 is 0 Å². The van der Waals surface area contributed by atoms with E-state index in [9.17, 15) is 13.2 Å². The van der Waals surface area contributed by atoms with Crippen molar-refractivity contribution in [2.75, 3.05) is 5.73 Å². The molecule has 0 fully saturated rings. The number of hydrogen-bond donors (Lipinski definition) is 1. The predicted octanol–water partition coefficient (Wildman–Crippen LogP) is 1.55. The Bertz CT molecular complexity index is 364. The van der Waals surface area contributed by atoms with Crippen molar-refractivity contribution in [3.8, 4) is 6.07 Å². The molecule has 0 unspecified atom stereocenters. The third kappa shape index (κ3) is 1.69. The maximum atomic E-state index is 12.1. The lowest BCUT2D eigenvalue weighted by Gasteiger charge is -2.09. The van der Waals surface area contributed by atoms with Crippen LogP contribution in [0.25, 0.3) is 0 Å². The van der Waals surface area contributed by atoms with Crippen LogP contribution in [0.3, 0.4) is 0 Å². The lowest BCUT2D eigenvalue weighted by molar-refractivity contribution is -0.137. The molecule has 2 N–H and O–H groups in total. The van der Waals surface area contributed by atoms with Crippen LogP contribution < -0.4 is 5.73 Å². The fourth-order valence-corrected chi connectivity index (χ4v) is 0.810. The van der Waals surface area contributed by atoms with Crippen LogP contribution in [-0.4, -0.2) is 4.98 Å². The number of pyridine rings is 1. The second-order valence-electron chi connectivity index (χ2n) is 2.23. The predicted molar refractivity (Wildman–Crippen MR) is 38.4 cm³/mol. The number of halogens is 3. The third-order valence-electron chi connectivity index (χ3n) is 1.40. The number of nitrogens with two attached hydrogens (primary N) is 1. The van der Waals surface area contributed by atoms with Crippen molar-refractivity contribution in [3.63, 3.8) is 0 Å². The quantitative estimate of drug-likeness (QED) is 0.670. The standard InChI is InChI=1S/C7H4F3N3/c8-7(9,10)4-1-2-13-5(3-11)6(4)12/h1-2H,12H2. The van der Waals surface area contributed by atoms with Gasteiger partial charge in [-0.05, 0) is 6.07 Å². The van der Waals surface area contributed by atoms with Crippen molar-refractivity contribution >= 4 is 5.69 Å². The van der Waals surface area contributed by atoms with Gasteiger partial charge in [0.1, 0.15) is 6.07 Å². The van der Waals surface area contributed by atoms with E-state index in [0.29, 0.717) is 0 Å². The van der Waals surface area contributed by atoms with E-state index in [2.05, 4.69) is 4.98 Å². The molecule has 0 aliphatic carbocycles. The maximum absolute atomic E-state index is 12.1. The second-order valence-corrected chi connectivity index (χ2v) is 2.23. The minimum absolute atomic E-state index is 0.408. The summed E-state index contributed by atoms with van der Waals surface area (Å²) in [6.07, 6.45) is -3.64. The second kappa shape index (κ2) is 2.94. The van der Waals surface area contributed by atoms with Gasteiger partial charge in [-0.25, -0.2) is 4.98 Å². The van der Waals surface area contributed by atoms with Gasteiger partial charge >= 0.3 is 6.18 Å². The Hall–Kier alpha value is -1.77. The Morgan fingerprint density at radius 2 is 2.08 bits per heavy atom. The molecule has 0 saturated carbocycles. The number of anilines is 1. The van der Waals surface area contributed by atoms with E-state index in [-0.39, 0.29) is 0 Å². The van der Waals surface area contributed by atoms with Crippen LogP contribution in [0.1, 0.15) is 11.3 Å². The van der Waals surface area contributed by atoms with E-state index in [1.165, 1.54) is 6.07 Å². The van der Waals surface area contributed by atoms with E-state index in [1.54, 1.807) is 0 Å². The molecule has 3 nitrogen and oxygen atoms in total. The molecule has 0 bridgehead atoms. The highest BCUT2D eigenvalue weighted by molar-refractivity contribution is 5.56. The molecule has 0 aromatic carbocycles. The summed E-state index contributed by atoms with van der Waals surface area (Å²) in [5.74, 6) is 0. The first kappa shape index (κ1) is 9.32. The van der Waals surface area contributed by atoms with E-state index in [0.717, 1.165) is 12.3 Å². The lowest BCUT2D eigenvalue weighted by atomic mass is 10.2. The molecular formula is C7H4F3N3. The first-order chi connectivity index (χ1) is 5.96. The fourth-order valence-electron chi connectivity index (χ4n) is 0.810. The van der Waals surface area contributed by atoms with E-state index in [4.69, 9.17) is 11.0 Å². The zero-order chi connectivity index (χ0) is 10.1. The van der Waals surface area contributed by atoms with Crippen molar-refractivity contribution in [1.29, 1.82) is 5.26 Å². The molecule has 0 saturated heterocycles. The third-order valence-corrected chi connectivity index (χ3v) is 1.40. The maximum Gasteiger partial charge on any atom is 0.418 e. The summed E-state index contributed by atoms with van der Waals surface area (Å²) in [5.41, 5.74) is 3.01. The Labute approximate surface area is 71.6 Å². The number of aromatic nitrogens is 1. The molecule has 1 rings (SSSR count). The molecule has 68 valence electrons. The SMILES string of the molecule is N#Cc1nccc(C(F)(F)F)c1N. The van der Waals surface area contributed by atoms with E-state index < -0.39 is 23.1 Å². The first-order valence-electron chi connectivity index (χ1n) is 3.18. The monoisotopic (exact) mass is 187 g/mol. The summed E-state index contributed by atoms with van der Waals surface area (Å²) in [4.78, 5) is 3.38. The lowest BCUT2D eigenvalue weighted by Crippen LogP contribution is -2.10. The molecule has 1 heterocycles. The van der Waals surface area contributed by atoms with Gasteiger partial charge in [0.05, 0.1) is 11.3 Å². The summed E-state index contributed by atoms with van der Waals surface area (Å²) >= 11 is 0. The van der Waals surface area contributed by atoms with Gasteiger partial charge in [0.25, 0.3) is 0 Å². The van der Waals surface area contributed by atoms with Gasteiger partial charge in [0.15, 0.2) is 5.69 Å². The van der Waals surface area contributed by atoms with Crippen LogP contribution in [0.2, 0.25) is 0 Å². The zero-order valence-corrected chi connectivity index (χ0v) is 6.26. The van der Waals surface area contributed by atoms with Gasteiger partial charge in [-0.1, -0.05) is 0 Å². The molecular weight excluding hydrogens is 183 g/mol. The molecule has 0 aliphatic heterocycles. The summed E-state index contributed by atoms with van der Waals surface area (Å²) in [6, 6.07) is 2.20. The van der Waals surface area contributed by atoms with Gasteiger partial charge in [-0.15, -0.1) is 0 Å². The van der Waals surface area contributed by atoms with Crippen molar-refractivity contribution < 1.29 is 13.2 Å². The van der Waals surface area contributed by atoms with Gasteiger partial charge in [-0.3, -0.25) is 0 Å². The summed E-state index contributed by atoms with van der Waals surface area (Å²) in [6.45, 7) is 0. The van der Waals surface area contributed by atoms with Crippen LogP contribution in [0, 0.1) is 11.3 Å². The molecule has 0 radical (unpaired) electrons. The van der Waals surface area contributed by atoms with Crippen molar-refractivity contribution in [2.45, 2.75) is 6.18 Å².